The summed E-state index contributed by atoms with van der Waals surface area (Å²) in [7, 11) is 0. The molecule has 1 fully saturated rings. The Morgan fingerprint density at radius 1 is 1.20 bits per heavy atom. The molecule has 1 saturated carbocycles. The minimum atomic E-state index is -0.885. The molecule has 0 saturated heterocycles. The van der Waals surface area contributed by atoms with Crippen molar-refractivity contribution in [3.63, 3.8) is 0 Å². The molecule has 1 aliphatic carbocycles. The summed E-state index contributed by atoms with van der Waals surface area (Å²) in [4.78, 5) is 23.2. The second-order valence-corrected chi connectivity index (χ2v) is 5.96. The lowest BCUT2D eigenvalue weighted by atomic mass is 10.1. The molecule has 2 atom stereocenters. The molecule has 1 aromatic rings. The van der Waals surface area contributed by atoms with Gasteiger partial charge in [0.15, 0.2) is 0 Å². The summed E-state index contributed by atoms with van der Waals surface area (Å²) < 4.78 is 0. The molecule has 108 valence electrons. The first-order valence-corrected chi connectivity index (χ1v) is 6.97. The summed E-state index contributed by atoms with van der Waals surface area (Å²) >= 11 is 0. The maximum Gasteiger partial charge on any atom is 0.307 e. The molecular formula is C16H21NO3. The molecule has 0 heterocycles. The lowest BCUT2D eigenvalue weighted by Gasteiger charge is -2.09. The zero-order valence-electron chi connectivity index (χ0n) is 12.1. The van der Waals surface area contributed by atoms with Gasteiger partial charge in [-0.2, -0.15) is 0 Å². The van der Waals surface area contributed by atoms with E-state index in [0.717, 1.165) is 12.0 Å². The molecule has 20 heavy (non-hydrogen) atoms. The van der Waals surface area contributed by atoms with Gasteiger partial charge in [-0.1, -0.05) is 45.0 Å². The topological polar surface area (TPSA) is 66.4 Å². The number of hydrogen-bond donors (Lipinski definition) is 2. The van der Waals surface area contributed by atoms with Crippen LogP contribution in [0.5, 0.6) is 0 Å². The minimum absolute atomic E-state index is 0.159. The predicted octanol–water partition coefficient (Wildman–Crippen LogP) is 2.22. The van der Waals surface area contributed by atoms with E-state index in [4.69, 9.17) is 5.11 Å². The van der Waals surface area contributed by atoms with E-state index < -0.39 is 23.2 Å². The highest BCUT2D eigenvalue weighted by atomic mass is 16.4. The van der Waals surface area contributed by atoms with Crippen molar-refractivity contribution in [3.05, 3.63) is 35.4 Å². The number of nitrogens with one attached hydrogen (secondary N) is 1. The second kappa shape index (κ2) is 5.27. The van der Waals surface area contributed by atoms with Crippen molar-refractivity contribution in [1.29, 1.82) is 0 Å². The smallest absolute Gasteiger partial charge is 0.307 e. The van der Waals surface area contributed by atoms with Crippen molar-refractivity contribution in [2.45, 2.75) is 33.7 Å². The van der Waals surface area contributed by atoms with E-state index in [1.807, 2.05) is 38.1 Å². The number of hydrogen-bond acceptors (Lipinski definition) is 2. The average Bonchev–Trinajstić information content (AvgIpc) is 2.99. The molecule has 0 bridgehead atoms. The van der Waals surface area contributed by atoms with Crippen LogP contribution in [0.1, 0.15) is 31.9 Å². The Morgan fingerprint density at radius 2 is 1.80 bits per heavy atom. The average molecular weight is 275 g/mol. The molecule has 0 radical (unpaired) electrons. The summed E-state index contributed by atoms with van der Waals surface area (Å²) in [6, 6.07) is 7.96. The highest BCUT2D eigenvalue weighted by molar-refractivity contribution is 5.91. The van der Waals surface area contributed by atoms with Crippen molar-refractivity contribution in [1.82, 2.24) is 5.32 Å². The van der Waals surface area contributed by atoms with E-state index in [-0.39, 0.29) is 5.91 Å². The highest BCUT2D eigenvalue weighted by Gasteiger charge is 2.65. The monoisotopic (exact) mass is 275 g/mol. The molecule has 2 rings (SSSR count). The van der Waals surface area contributed by atoms with Crippen molar-refractivity contribution in [2.75, 3.05) is 0 Å². The molecule has 1 aliphatic rings. The fourth-order valence-corrected chi connectivity index (χ4v) is 2.96. The normalized spacial score (nSPS) is 23.1. The number of carbonyl (C=O) groups excluding carboxylic acids is 1. The van der Waals surface area contributed by atoms with E-state index in [1.54, 1.807) is 0 Å². The SMILES string of the molecule is CCc1ccccc1CNC(=O)[C@H]1[C@@H](C(=O)O)C1(C)C. The number of carbonyl (C=O) groups is 2. The standard InChI is InChI=1S/C16H21NO3/c1-4-10-7-5-6-8-11(10)9-17-14(18)12-13(15(19)20)16(12,2)3/h5-8,12-13H,4,9H2,1-3H3,(H,17,18)(H,19,20)/t12-,13+/m1/s1. The van der Waals surface area contributed by atoms with Crippen LogP contribution in [0.25, 0.3) is 0 Å². The van der Waals surface area contributed by atoms with Gasteiger partial charge in [0.2, 0.25) is 5.91 Å². The first-order chi connectivity index (χ1) is 9.39. The van der Waals surface area contributed by atoms with E-state index in [2.05, 4.69) is 12.2 Å². The Bertz CT molecular complexity index is 536. The molecule has 4 heteroatoms. The van der Waals surface area contributed by atoms with E-state index in [0.29, 0.717) is 6.54 Å². The van der Waals surface area contributed by atoms with Gasteiger partial charge in [0.25, 0.3) is 0 Å². The number of aliphatic carboxylic acids is 1. The number of aryl methyl sites for hydroxylation is 1. The van der Waals surface area contributed by atoms with Crippen molar-refractivity contribution in [2.24, 2.45) is 17.3 Å². The van der Waals surface area contributed by atoms with Gasteiger partial charge in [-0.25, -0.2) is 0 Å². The van der Waals surface area contributed by atoms with Crippen LogP contribution in [0, 0.1) is 17.3 Å². The first kappa shape index (κ1) is 14.6. The van der Waals surface area contributed by atoms with Crippen LogP contribution in [-0.2, 0) is 22.6 Å². The highest BCUT2D eigenvalue weighted by Crippen LogP contribution is 2.58. The number of carboxylic acid groups (broad SMARTS) is 1. The quantitative estimate of drug-likeness (QED) is 0.866. The molecule has 2 N–H and O–H groups in total. The molecule has 0 aromatic heterocycles. The molecule has 1 aromatic carbocycles. The maximum atomic E-state index is 12.1. The largest absolute Gasteiger partial charge is 0.481 e. The fraction of sp³-hybridized carbons (Fsp3) is 0.500. The maximum absolute atomic E-state index is 12.1. The predicted molar refractivity (Wildman–Crippen MR) is 76.1 cm³/mol. The van der Waals surface area contributed by atoms with Gasteiger partial charge in [0.1, 0.15) is 0 Å². The Kier molecular flexibility index (Phi) is 3.84. The van der Waals surface area contributed by atoms with Crippen LogP contribution in [0.3, 0.4) is 0 Å². The third kappa shape index (κ3) is 2.55. The lowest BCUT2D eigenvalue weighted by Crippen LogP contribution is -2.27. The van der Waals surface area contributed by atoms with Crippen LogP contribution in [0.15, 0.2) is 24.3 Å². The van der Waals surface area contributed by atoms with Crippen LogP contribution in [0.2, 0.25) is 0 Å². The van der Waals surface area contributed by atoms with Crippen LogP contribution < -0.4 is 5.32 Å². The summed E-state index contributed by atoms with van der Waals surface area (Å²) in [6.45, 7) is 6.19. The number of amides is 1. The van der Waals surface area contributed by atoms with Gasteiger partial charge < -0.3 is 10.4 Å². The van der Waals surface area contributed by atoms with E-state index in [1.165, 1.54) is 5.56 Å². The molecule has 1 amide bonds. The number of benzene rings is 1. The van der Waals surface area contributed by atoms with Gasteiger partial charge in [0, 0.05) is 6.54 Å². The number of rotatable bonds is 5. The molecule has 0 aliphatic heterocycles. The summed E-state index contributed by atoms with van der Waals surface area (Å²) in [5.41, 5.74) is 1.85. The van der Waals surface area contributed by atoms with Crippen molar-refractivity contribution < 1.29 is 14.7 Å². The van der Waals surface area contributed by atoms with Crippen molar-refractivity contribution in [3.8, 4) is 0 Å². The Hall–Kier alpha value is -1.84. The Morgan fingerprint density at radius 3 is 2.30 bits per heavy atom. The van der Waals surface area contributed by atoms with E-state index >= 15 is 0 Å². The van der Waals surface area contributed by atoms with Gasteiger partial charge in [-0.3, -0.25) is 9.59 Å². The van der Waals surface area contributed by atoms with Crippen LogP contribution in [-0.4, -0.2) is 17.0 Å². The van der Waals surface area contributed by atoms with Gasteiger partial charge in [-0.15, -0.1) is 0 Å². The summed E-state index contributed by atoms with van der Waals surface area (Å²) in [5.74, 6) is -2.03. The van der Waals surface area contributed by atoms with E-state index in [9.17, 15) is 9.59 Å². The van der Waals surface area contributed by atoms with Gasteiger partial charge in [-0.05, 0) is 23.0 Å². The zero-order valence-corrected chi connectivity index (χ0v) is 12.1. The molecular weight excluding hydrogens is 254 g/mol. The number of carboxylic acids is 1. The molecule has 0 unspecified atom stereocenters. The van der Waals surface area contributed by atoms with Crippen LogP contribution >= 0.6 is 0 Å². The second-order valence-electron chi connectivity index (χ2n) is 5.96. The Labute approximate surface area is 119 Å². The molecule has 4 nitrogen and oxygen atoms in total. The minimum Gasteiger partial charge on any atom is -0.481 e. The Balaban J connectivity index is 1.99. The third-order valence-corrected chi connectivity index (χ3v) is 4.33. The van der Waals surface area contributed by atoms with Crippen molar-refractivity contribution >= 4 is 11.9 Å². The van der Waals surface area contributed by atoms with Gasteiger partial charge in [0.05, 0.1) is 11.8 Å². The van der Waals surface area contributed by atoms with Crippen LogP contribution in [0.4, 0.5) is 0 Å². The lowest BCUT2D eigenvalue weighted by molar-refractivity contribution is -0.140. The third-order valence-electron chi connectivity index (χ3n) is 4.33. The molecule has 0 spiro atoms. The summed E-state index contributed by atoms with van der Waals surface area (Å²) in [6.07, 6.45) is 0.915. The zero-order chi connectivity index (χ0) is 14.9. The fourth-order valence-electron chi connectivity index (χ4n) is 2.96. The van der Waals surface area contributed by atoms with Gasteiger partial charge >= 0.3 is 5.97 Å². The summed E-state index contributed by atoms with van der Waals surface area (Å²) in [5, 5.41) is 12.0. The first-order valence-electron chi connectivity index (χ1n) is 6.97.